The van der Waals surface area contributed by atoms with Gasteiger partial charge in [0.05, 0.1) is 18.8 Å². The van der Waals surface area contributed by atoms with Crippen LogP contribution < -0.4 is 5.32 Å². The smallest absolute Gasteiger partial charge is 0.274 e. The number of rotatable bonds is 7. The number of aromatic nitrogens is 2. The quantitative estimate of drug-likeness (QED) is 0.741. The predicted molar refractivity (Wildman–Crippen MR) is 121 cm³/mol. The molecule has 1 unspecified atom stereocenters. The van der Waals surface area contributed by atoms with Crippen LogP contribution in [0.25, 0.3) is 0 Å². The molecule has 2 aromatic rings. The summed E-state index contributed by atoms with van der Waals surface area (Å²) in [6, 6.07) is 8.52. The Hall–Kier alpha value is -2.80. The molecule has 2 heterocycles. The molecule has 1 aromatic heterocycles. The average molecular weight is 424 g/mol. The largest absolute Gasteiger partial charge is 0.348 e. The minimum absolute atomic E-state index is 0.0142. The third-order valence-corrected chi connectivity index (χ3v) is 5.75. The van der Waals surface area contributed by atoms with Crippen LogP contribution >= 0.6 is 0 Å². The zero-order valence-electron chi connectivity index (χ0n) is 18.9. The monoisotopic (exact) mass is 423 g/mol. The topological polar surface area (TPSA) is 78.4 Å². The number of hydrogen-bond donors (Lipinski definition) is 1. The molecule has 1 N–H and O–H groups in total. The zero-order valence-corrected chi connectivity index (χ0v) is 18.9. The van der Waals surface area contributed by atoms with Crippen LogP contribution in [0.5, 0.6) is 0 Å². The van der Waals surface area contributed by atoms with Gasteiger partial charge < -0.3 is 10.2 Å². The Labute approximate surface area is 184 Å². The van der Waals surface area contributed by atoms with Crippen LogP contribution in [0.1, 0.15) is 61.3 Å². The van der Waals surface area contributed by atoms with Crippen LogP contribution in [0.15, 0.2) is 42.9 Å². The lowest BCUT2D eigenvalue weighted by atomic mass is 9.93. The summed E-state index contributed by atoms with van der Waals surface area (Å²) in [5.41, 5.74) is 2.79. The summed E-state index contributed by atoms with van der Waals surface area (Å²) in [6.07, 6.45) is 4.56. The van der Waals surface area contributed by atoms with E-state index in [9.17, 15) is 9.59 Å². The maximum atomic E-state index is 12.8. The number of benzene rings is 1. The average Bonchev–Trinajstić information content (AvgIpc) is 2.78. The number of nitrogens with one attached hydrogen (secondary N) is 1. The molecule has 1 saturated heterocycles. The van der Waals surface area contributed by atoms with Crippen molar-refractivity contribution in [1.82, 2.24) is 25.1 Å². The van der Waals surface area contributed by atoms with E-state index in [2.05, 4.69) is 72.1 Å². The van der Waals surface area contributed by atoms with Gasteiger partial charge >= 0.3 is 0 Å². The van der Waals surface area contributed by atoms with Crippen molar-refractivity contribution in [2.75, 3.05) is 32.7 Å². The van der Waals surface area contributed by atoms with E-state index in [0.29, 0.717) is 44.3 Å². The van der Waals surface area contributed by atoms with Gasteiger partial charge in [-0.05, 0) is 23.0 Å². The first-order chi connectivity index (χ1) is 14.8. The van der Waals surface area contributed by atoms with E-state index in [0.717, 1.165) is 5.56 Å². The van der Waals surface area contributed by atoms with Gasteiger partial charge in [-0.2, -0.15) is 0 Å². The second-order valence-electron chi connectivity index (χ2n) is 8.77. The number of nitrogens with zero attached hydrogens (tertiary/aromatic N) is 4. The first kappa shape index (κ1) is 22.9. The molecule has 1 fully saturated rings. The Morgan fingerprint density at radius 2 is 1.61 bits per heavy atom. The molecule has 0 aliphatic carbocycles. The molecular formula is C24H33N5O2. The number of carbonyl (C=O) groups is 2. The number of amides is 2. The highest BCUT2D eigenvalue weighted by molar-refractivity contribution is 5.92. The van der Waals surface area contributed by atoms with Crippen molar-refractivity contribution >= 4 is 11.8 Å². The van der Waals surface area contributed by atoms with Gasteiger partial charge in [0, 0.05) is 38.6 Å². The molecule has 7 nitrogen and oxygen atoms in total. The van der Waals surface area contributed by atoms with Crippen molar-refractivity contribution in [3.63, 3.8) is 0 Å². The summed E-state index contributed by atoms with van der Waals surface area (Å²) in [5.74, 6) is 0.679. The van der Waals surface area contributed by atoms with Gasteiger partial charge in [0.2, 0.25) is 5.91 Å². The Balaban J connectivity index is 1.52. The molecule has 2 amide bonds. The highest BCUT2D eigenvalue weighted by Crippen LogP contribution is 2.24. The molecule has 31 heavy (non-hydrogen) atoms. The van der Waals surface area contributed by atoms with Gasteiger partial charge in [-0.15, -0.1) is 0 Å². The minimum atomic E-state index is -0.109. The van der Waals surface area contributed by atoms with Crippen molar-refractivity contribution in [2.45, 2.75) is 39.7 Å². The van der Waals surface area contributed by atoms with E-state index < -0.39 is 0 Å². The summed E-state index contributed by atoms with van der Waals surface area (Å²) < 4.78 is 0. The van der Waals surface area contributed by atoms with E-state index in [1.54, 1.807) is 11.1 Å². The summed E-state index contributed by atoms with van der Waals surface area (Å²) in [4.78, 5) is 37.2. The van der Waals surface area contributed by atoms with Crippen molar-refractivity contribution in [3.05, 3.63) is 59.7 Å². The van der Waals surface area contributed by atoms with Crippen molar-refractivity contribution in [3.8, 4) is 0 Å². The fourth-order valence-electron chi connectivity index (χ4n) is 3.83. The molecule has 166 valence electrons. The predicted octanol–water partition coefficient (Wildman–Crippen LogP) is 2.87. The van der Waals surface area contributed by atoms with Gasteiger partial charge in [0.1, 0.15) is 5.69 Å². The fourth-order valence-corrected chi connectivity index (χ4v) is 3.83. The SMILES string of the molecule is CC(C)c1ccc(C(NC(=O)CN2CCN(C(=O)c3cnccn3)CC2)C(C)C)cc1. The zero-order chi connectivity index (χ0) is 22.4. The van der Waals surface area contributed by atoms with E-state index in [1.165, 1.54) is 18.0 Å². The van der Waals surface area contributed by atoms with E-state index >= 15 is 0 Å². The van der Waals surface area contributed by atoms with Gasteiger partial charge in [-0.3, -0.25) is 19.5 Å². The van der Waals surface area contributed by atoms with E-state index in [4.69, 9.17) is 0 Å². The second kappa shape index (κ2) is 10.5. The molecule has 0 saturated carbocycles. The maximum absolute atomic E-state index is 12.8. The summed E-state index contributed by atoms with van der Waals surface area (Å²) >= 11 is 0. The third-order valence-electron chi connectivity index (χ3n) is 5.75. The Morgan fingerprint density at radius 1 is 0.968 bits per heavy atom. The molecular weight excluding hydrogens is 390 g/mol. The van der Waals surface area contributed by atoms with Crippen LogP contribution in [0.3, 0.4) is 0 Å². The van der Waals surface area contributed by atoms with Crippen LogP contribution in [-0.2, 0) is 4.79 Å². The van der Waals surface area contributed by atoms with Gasteiger partial charge in [0.25, 0.3) is 5.91 Å². The number of carbonyl (C=O) groups excluding carboxylic acids is 2. The lowest BCUT2D eigenvalue weighted by Gasteiger charge is -2.34. The fraction of sp³-hybridized carbons (Fsp3) is 0.500. The van der Waals surface area contributed by atoms with E-state index in [-0.39, 0.29) is 23.8 Å². The summed E-state index contributed by atoms with van der Waals surface area (Å²) in [7, 11) is 0. The van der Waals surface area contributed by atoms with Gasteiger partial charge in [-0.25, -0.2) is 4.98 Å². The highest BCUT2D eigenvalue weighted by atomic mass is 16.2. The van der Waals surface area contributed by atoms with Crippen molar-refractivity contribution < 1.29 is 9.59 Å². The first-order valence-electron chi connectivity index (χ1n) is 11.0. The van der Waals surface area contributed by atoms with Gasteiger partial charge in [0.15, 0.2) is 0 Å². The molecule has 0 bridgehead atoms. The molecule has 0 spiro atoms. The standard InChI is InChI=1S/C24H33N5O2/c1-17(2)19-5-7-20(8-6-19)23(18(3)4)27-22(30)16-28-11-13-29(14-12-28)24(31)21-15-25-9-10-26-21/h5-10,15,17-18,23H,11-14,16H2,1-4H3,(H,27,30). The maximum Gasteiger partial charge on any atom is 0.274 e. The van der Waals surface area contributed by atoms with E-state index in [1.807, 2.05) is 0 Å². The lowest BCUT2D eigenvalue weighted by molar-refractivity contribution is -0.123. The molecule has 1 aromatic carbocycles. The van der Waals surface area contributed by atoms with Crippen LogP contribution in [-0.4, -0.2) is 64.3 Å². The van der Waals surface area contributed by atoms with Crippen molar-refractivity contribution in [2.24, 2.45) is 5.92 Å². The molecule has 1 aliphatic rings. The first-order valence-corrected chi connectivity index (χ1v) is 11.0. The Bertz CT molecular complexity index is 859. The van der Waals surface area contributed by atoms with Crippen LogP contribution in [0, 0.1) is 5.92 Å². The highest BCUT2D eigenvalue weighted by Gasteiger charge is 2.25. The molecule has 7 heteroatoms. The third kappa shape index (κ3) is 6.10. The minimum Gasteiger partial charge on any atom is -0.348 e. The lowest BCUT2D eigenvalue weighted by Crippen LogP contribution is -2.51. The summed E-state index contributed by atoms with van der Waals surface area (Å²) in [5, 5.41) is 3.21. The normalized spacial score (nSPS) is 15.9. The summed E-state index contributed by atoms with van der Waals surface area (Å²) in [6.45, 7) is 11.4. The molecule has 0 radical (unpaired) electrons. The van der Waals surface area contributed by atoms with Crippen LogP contribution in [0.2, 0.25) is 0 Å². The number of piperazine rings is 1. The van der Waals surface area contributed by atoms with Crippen molar-refractivity contribution in [1.29, 1.82) is 0 Å². The Kier molecular flexibility index (Phi) is 7.74. The van der Waals surface area contributed by atoms with Gasteiger partial charge in [-0.1, -0.05) is 52.0 Å². The number of hydrogen-bond acceptors (Lipinski definition) is 5. The molecule has 1 aliphatic heterocycles. The Morgan fingerprint density at radius 3 is 2.16 bits per heavy atom. The molecule has 1 atom stereocenters. The second-order valence-corrected chi connectivity index (χ2v) is 8.77. The molecule has 3 rings (SSSR count). The van der Waals surface area contributed by atoms with Crippen LogP contribution in [0.4, 0.5) is 0 Å².